The van der Waals surface area contributed by atoms with Crippen LogP contribution in [0.2, 0.25) is 0 Å². The SMILES string of the molecule is CN(C(=O)c1cn(CCN)nn1)C1CCC1. The number of amides is 1. The molecule has 2 rings (SSSR count). The van der Waals surface area contributed by atoms with Gasteiger partial charge in [0.1, 0.15) is 0 Å². The van der Waals surface area contributed by atoms with E-state index in [0.29, 0.717) is 24.8 Å². The number of rotatable bonds is 4. The maximum atomic E-state index is 12.0. The van der Waals surface area contributed by atoms with Crippen molar-refractivity contribution in [1.82, 2.24) is 19.9 Å². The molecule has 88 valence electrons. The van der Waals surface area contributed by atoms with Crippen LogP contribution in [0.5, 0.6) is 0 Å². The maximum absolute atomic E-state index is 12.0. The van der Waals surface area contributed by atoms with Gasteiger partial charge in [-0.2, -0.15) is 0 Å². The van der Waals surface area contributed by atoms with E-state index < -0.39 is 0 Å². The number of hydrogen-bond donors (Lipinski definition) is 1. The lowest BCUT2D eigenvalue weighted by Gasteiger charge is -2.34. The standard InChI is InChI=1S/C10H17N5O/c1-14(8-3-2-4-8)10(16)9-7-15(6-5-11)13-12-9/h7-8H,2-6,11H2,1H3. The smallest absolute Gasteiger partial charge is 0.276 e. The van der Waals surface area contributed by atoms with E-state index >= 15 is 0 Å². The summed E-state index contributed by atoms with van der Waals surface area (Å²) in [4.78, 5) is 13.7. The molecule has 0 radical (unpaired) electrons. The van der Waals surface area contributed by atoms with Crippen molar-refractivity contribution in [1.29, 1.82) is 0 Å². The summed E-state index contributed by atoms with van der Waals surface area (Å²) < 4.78 is 1.60. The number of aromatic nitrogens is 3. The van der Waals surface area contributed by atoms with Crippen LogP contribution in [0.3, 0.4) is 0 Å². The Morgan fingerprint density at radius 1 is 1.69 bits per heavy atom. The molecule has 2 N–H and O–H groups in total. The van der Waals surface area contributed by atoms with Crippen molar-refractivity contribution in [3.05, 3.63) is 11.9 Å². The average molecular weight is 223 g/mol. The van der Waals surface area contributed by atoms with Crippen LogP contribution in [-0.2, 0) is 6.54 Å². The quantitative estimate of drug-likeness (QED) is 0.770. The van der Waals surface area contributed by atoms with E-state index in [-0.39, 0.29) is 5.91 Å². The molecule has 1 aromatic heterocycles. The van der Waals surface area contributed by atoms with Crippen molar-refractivity contribution in [2.24, 2.45) is 5.73 Å². The second-order valence-corrected chi connectivity index (χ2v) is 4.16. The van der Waals surface area contributed by atoms with Gasteiger partial charge in [-0.25, -0.2) is 0 Å². The van der Waals surface area contributed by atoms with Crippen molar-refractivity contribution < 1.29 is 4.79 Å². The van der Waals surface area contributed by atoms with Gasteiger partial charge in [0.15, 0.2) is 5.69 Å². The molecular formula is C10H17N5O. The normalized spacial score (nSPS) is 15.9. The third-order valence-corrected chi connectivity index (χ3v) is 3.06. The molecule has 16 heavy (non-hydrogen) atoms. The molecule has 0 unspecified atom stereocenters. The maximum Gasteiger partial charge on any atom is 0.276 e. The molecule has 0 saturated heterocycles. The van der Waals surface area contributed by atoms with Crippen LogP contribution in [0, 0.1) is 0 Å². The lowest BCUT2D eigenvalue weighted by Crippen LogP contribution is -2.41. The number of nitrogens with zero attached hydrogens (tertiary/aromatic N) is 4. The Kier molecular flexibility index (Phi) is 3.19. The first-order chi connectivity index (χ1) is 7.72. The van der Waals surface area contributed by atoms with E-state index in [1.54, 1.807) is 15.8 Å². The Labute approximate surface area is 94.4 Å². The molecular weight excluding hydrogens is 206 g/mol. The summed E-state index contributed by atoms with van der Waals surface area (Å²) in [6, 6.07) is 0.382. The Morgan fingerprint density at radius 2 is 2.44 bits per heavy atom. The Balaban J connectivity index is 2.01. The summed E-state index contributed by atoms with van der Waals surface area (Å²) in [5.74, 6) is -0.0482. The zero-order valence-corrected chi connectivity index (χ0v) is 9.46. The molecule has 0 aliphatic heterocycles. The minimum absolute atomic E-state index is 0.0482. The van der Waals surface area contributed by atoms with Gasteiger partial charge in [0, 0.05) is 19.6 Å². The number of hydrogen-bond acceptors (Lipinski definition) is 4. The van der Waals surface area contributed by atoms with Gasteiger partial charge in [-0.15, -0.1) is 5.10 Å². The van der Waals surface area contributed by atoms with Crippen molar-refractivity contribution in [2.45, 2.75) is 31.8 Å². The van der Waals surface area contributed by atoms with Gasteiger partial charge in [-0.1, -0.05) is 5.21 Å². The number of nitrogens with two attached hydrogens (primary N) is 1. The molecule has 6 heteroatoms. The highest BCUT2D eigenvalue weighted by Crippen LogP contribution is 2.24. The molecule has 1 heterocycles. The predicted octanol–water partition coefficient (Wildman–Crippen LogP) is -0.139. The van der Waals surface area contributed by atoms with E-state index in [0.717, 1.165) is 12.8 Å². The average Bonchev–Trinajstić information content (AvgIpc) is 2.63. The molecule has 1 aromatic rings. The highest BCUT2D eigenvalue weighted by atomic mass is 16.2. The minimum atomic E-state index is -0.0482. The summed E-state index contributed by atoms with van der Waals surface area (Å²) in [7, 11) is 1.83. The third kappa shape index (κ3) is 2.06. The monoisotopic (exact) mass is 223 g/mol. The second kappa shape index (κ2) is 4.61. The van der Waals surface area contributed by atoms with Crippen molar-refractivity contribution in [2.75, 3.05) is 13.6 Å². The van der Waals surface area contributed by atoms with Crippen molar-refractivity contribution in [3.63, 3.8) is 0 Å². The van der Waals surface area contributed by atoms with E-state index in [1.807, 2.05) is 7.05 Å². The first-order valence-electron chi connectivity index (χ1n) is 5.59. The first-order valence-corrected chi connectivity index (χ1v) is 5.59. The summed E-state index contributed by atoms with van der Waals surface area (Å²) in [6.45, 7) is 1.09. The molecule has 0 bridgehead atoms. The molecule has 1 fully saturated rings. The summed E-state index contributed by atoms with van der Waals surface area (Å²) in [5, 5.41) is 7.71. The molecule has 0 atom stereocenters. The van der Waals surface area contributed by atoms with Crippen LogP contribution < -0.4 is 5.73 Å². The molecule has 1 saturated carbocycles. The Morgan fingerprint density at radius 3 is 3.00 bits per heavy atom. The van der Waals surface area contributed by atoms with Gasteiger partial charge < -0.3 is 10.6 Å². The summed E-state index contributed by atoms with van der Waals surface area (Å²) >= 11 is 0. The van der Waals surface area contributed by atoms with Gasteiger partial charge in [0.25, 0.3) is 5.91 Å². The van der Waals surface area contributed by atoms with Gasteiger partial charge in [0.2, 0.25) is 0 Å². The van der Waals surface area contributed by atoms with Crippen molar-refractivity contribution in [3.8, 4) is 0 Å². The topological polar surface area (TPSA) is 77.0 Å². The fourth-order valence-electron chi connectivity index (χ4n) is 1.76. The lowest BCUT2D eigenvalue weighted by atomic mass is 9.92. The summed E-state index contributed by atoms with van der Waals surface area (Å²) in [6.07, 6.45) is 5.06. The minimum Gasteiger partial charge on any atom is -0.337 e. The van der Waals surface area contributed by atoms with Crippen molar-refractivity contribution >= 4 is 5.91 Å². The van der Waals surface area contributed by atoms with Gasteiger partial charge in [-0.05, 0) is 19.3 Å². The van der Waals surface area contributed by atoms with Crippen LogP contribution >= 0.6 is 0 Å². The highest BCUT2D eigenvalue weighted by molar-refractivity contribution is 5.92. The molecule has 1 aliphatic carbocycles. The Hall–Kier alpha value is -1.43. The predicted molar refractivity (Wildman–Crippen MR) is 58.8 cm³/mol. The van der Waals surface area contributed by atoms with Gasteiger partial charge in [-0.3, -0.25) is 9.48 Å². The molecule has 1 aliphatic rings. The van der Waals surface area contributed by atoms with Crippen LogP contribution in [0.15, 0.2) is 6.20 Å². The van der Waals surface area contributed by atoms with E-state index in [9.17, 15) is 4.79 Å². The van der Waals surface area contributed by atoms with Crippen LogP contribution in [0.25, 0.3) is 0 Å². The largest absolute Gasteiger partial charge is 0.337 e. The van der Waals surface area contributed by atoms with Crippen LogP contribution in [-0.4, -0.2) is 45.4 Å². The number of carbonyl (C=O) groups is 1. The molecule has 1 amide bonds. The molecule has 6 nitrogen and oxygen atoms in total. The van der Waals surface area contributed by atoms with E-state index in [2.05, 4.69) is 10.3 Å². The number of carbonyl (C=O) groups excluding carboxylic acids is 1. The zero-order valence-electron chi connectivity index (χ0n) is 9.46. The van der Waals surface area contributed by atoms with Crippen LogP contribution in [0.4, 0.5) is 0 Å². The zero-order chi connectivity index (χ0) is 11.5. The van der Waals surface area contributed by atoms with Crippen LogP contribution in [0.1, 0.15) is 29.8 Å². The van der Waals surface area contributed by atoms with Gasteiger partial charge >= 0.3 is 0 Å². The fraction of sp³-hybridized carbons (Fsp3) is 0.700. The fourth-order valence-corrected chi connectivity index (χ4v) is 1.76. The van der Waals surface area contributed by atoms with E-state index in [4.69, 9.17) is 5.73 Å². The van der Waals surface area contributed by atoms with Gasteiger partial charge in [0.05, 0.1) is 12.7 Å². The first kappa shape index (κ1) is 11.1. The highest BCUT2D eigenvalue weighted by Gasteiger charge is 2.27. The molecule has 0 aromatic carbocycles. The molecule has 0 spiro atoms. The lowest BCUT2D eigenvalue weighted by molar-refractivity contribution is 0.0646. The second-order valence-electron chi connectivity index (χ2n) is 4.16. The Bertz CT molecular complexity index is 371. The van der Waals surface area contributed by atoms with E-state index in [1.165, 1.54) is 6.42 Å². The summed E-state index contributed by atoms with van der Waals surface area (Å²) in [5.41, 5.74) is 5.81. The third-order valence-electron chi connectivity index (χ3n) is 3.06.